The molecule has 0 radical (unpaired) electrons. The molecule has 1 heterocycles. The Hall–Kier alpha value is -1.24. The highest BCUT2D eigenvalue weighted by Gasteiger charge is 2.27. The van der Waals surface area contributed by atoms with Gasteiger partial charge in [0.1, 0.15) is 0 Å². The Morgan fingerprint density at radius 3 is 2.83 bits per heavy atom. The Morgan fingerprint density at radius 2 is 2.17 bits per heavy atom. The maximum absolute atomic E-state index is 13.3. The second-order valence-electron chi connectivity index (χ2n) is 4.45. The van der Waals surface area contributed by atoms with Gasteiger partial charge < -0.3 is 5.11 Å². The Labute approximate surface area is 107 Å². The molecule has 0 amide bonds. The van der Waals surface area contributed by atoms with Crippen LogP contribution in [-0.2, 0) is 0 Å². The molecule has 1 aromatic heterocycles. The molecule has 0 spiro atoms. The first-order chi connectivity index (χ1) is 8.54. The smallest absolute Gasteiger partial charge is 0.331 e. The lowest BCUT2D eigenvalue weighted by Crippen LogP contribution is -2.36. The molecule has 2 atom stereocenters. The van der Waals surface area contributed by atoms with Gasteiger partial charge in [-0.2, -0.15) is 16.2 Å². The average molecular weight is 274 g/mol. The first kappa shape index (κ1) is 13.2. The zero-order valence-electron chi connectivity index (χ0n) is 9.98. The van der Waals surface area contributed by atoms with Crippen LogP contribution in [0.2, 0.25) is 0 Å². The fraction of sp³-hybridized carbons (Fsp3) is 0.636. The molecule has 0 saturated heterocycles. The van der Waals surface area contributed by atoms with Gasteiger partial charge in [-0.1, -0.05) is 6.42 Å². The van der Waals surface area contributed by atoms with E-state index in [0.717, 1.165) is 17.4 Å². The van der Waals surface area contributed by atoms with Crippen molar-refractivity contribution < 1.29 is 9.50 Å². The normalized spacial score (nSPS) is 24.1. The lowest BCUT2D eigenvalue weighted by Gasteiger charge is -2.29. The van der Waals surface area contributed by atoms with Gasteiger partial charge in [-0.3, -0.25) is 14.3 Å². The van der Waals surface area contributed by atoms with Crippen molar-refractivity contribution in [3.8, 4) is 5.88 Å². The number of aromatic amines is 1. The van der Waals surface area contributed by atoms with E-state index in [1.165, 1.54) is 0 Å². The minimum absolute atomic E-state index is 0.255. The minimum atomic E-state index is -1.29. The second kappa shape index (κ2) is 5.17. The number of rotatable bonds is 2. The molecule has 1 saturated carbocycles. The molecular formula is C11H15FN2O3S. The van der Waals surface area contributed by atoms with Gasteiger partial charge in [-0.25, -0.2) is 4.79 Å². The van der Waals surface area contributed by atoms with Crippen molar-refractivity contribution >= 4 is 11.8 Å². The van der Waals surface area contributed by atoms with Crippen LogP contribution < -0.4 is 11.2 Å². The molecule has 1 aromatic rings. The zero-order valence-corrected chi connectivity index (χ0v) is 10.8. The molecule has 0 aliphatic heterocycles. The fourth-order valence-electron chi connectivity index (χ4n) is 2.42. The summed E-state index contributed by atoms with van der Waals surface area (Å²) in [4.78, 5) is 24.6. The molecule has 2 rings (SSSR count). The molecule has 0 aromatic carbocycles. The molecule has 1 aliphatic rings. The van der Waals surface area contributed by atoms with Crippen molar-refractivity contribution in [2.45, 2.75) is 37.0 Å². The lowest BCUT2D eigenvalue weighted by molar-refractivity contribution is 0.287. The Bertz CT molecular complexity index is 554. The van der Waals surface area contributed by atoms with E-state index in [1.54, 1.807) is 11.8 Å². The summed E-state index contributed by atoms with van der Waals surface area (Å²) >= 11 is 1.70. The van der Waals surface area contributed by atoms with Crippen molar-refractivity contribution in [3.05, 3.63) is 26.7 Å². The van der Waals surface area contributed by atoms with Crippen LogP contribution in [0.4, 0.5) is 4.39 Å². The number of nitrogens with zero attached hydrogens (tertiary/aromatic N) is 1. The van der Waals surface area contributed by atoms with Crippen LogP contribution in [-0.4, -0.2) is 26.2 Å². The largest absolute Gasteiger partial charge is 0.492 e. The van der Waals surface area contributed by atoms with Gasteiger partial charge in [-0.15, -0.1) is 0 Å². The van der Waals surface area contributed by atoms with Crippen molar-refractivity contribution in [1.82, 2.24) is 9.55 Å². The topological polar surface area (TPSA) is 75.1 Å². The molecular weight excluding hydrogens is 259 g/mol. The maximum atomic E-state index is 13.3. The van der Waals surface area contributed by atoms with E-state index in [-0.39, 0.29) is 6.04 Å². The predicted octanol–water partition coefficient (Wildman–Crippen LogP) is 1.23. The van der Waals surface area contributed by atoms with Crippen molar-refractivity contribution in [3.63, 3.8) is 0 Å². The number of hydrogen-bond acceptors (Lipinski definition) is 4. The van der Waals surface area contributed by atoms with Crippen molar-refractivity contribution in [1.29, 1.82) is 0 Å². The van der Waals surface area contributed by atoms with Crippen LogP contribution in [0.1, 0.15) is 31.7 Å². The van der Waals surface area contributed by atoms with Crippen LogP contribution in [0.3, 0.4) is 0 Å². The Balaban J connectivity index is 2.42. The van der Waals surface area contributed by atoms with Gasteiger partial charge in [0.25, 0.3) is 5.56 Å². The summed E-state index contributed by atoms with van der Waals surface area (Å²) in [5.74, 6) is -2.14. The van der Waals surface area contributed by atoms with Crippen LogP contribution in [0, 0.1) is 5.82 Å². The number of hydrogen-bond donors (Lipinski definition) is 2. The van der Waals surface area contributed by atoms with Crippen LogP contribution in [0.25, 0.3) is 0 Å². The quantitative estimate of drug-likeness (QED) is 0.850. The predicted molar refractivity (Wildman–Crippen MR) is 67.8 cm³/mol. The molecule has 18 heavy (non-hydrogen) atoms. The zero-order chi connectivity index (χ0) is 13.3. The molecule has 2 unspecified atom stereocenters. The van der Waals surface area contributed by atoms with Gasteiger partial charge in [0.2, 0.25) is 11.7 Å². The Morgan fingerprint density at radius 1 is 1.44 bits per heavy atom. The Kier molecular flexibility index (Phi) is 3.79. The summed E-state index contributed by atoms with van der Waals surface area (Å²) in [6.07, 6.45) is 5.36. The molecule has 5 nitrogen and oxygen atoms in total. The summed E-state index contributed by atoms with van der Waals surface area (Å²) in [5.41, 5.74) is -1.92. The molecule has 0 bridgehead atoms. The van der Waals surface area contributed by atoms with E-state index >= 15 is 0 Å². The summed E-state index contributed by atoms with van der Waals surface area (Å²) < 4.78 is 14.3. The molecule has 100 valence electrons. The third-order valence-corrected chi connectivity index (χ3v) is 4.45. The van der Waals surface area contributed by atoms with E-state index in [1.807, 2.05) is 11.2 Å². The lowest BCUT2D eigenvalue weighted by atomic mass is 9.94. The number of nitrogens with one attached hydrogen (secondary N) is 1. The van der Waals surface area contributed by atoms with Crippen molar-refractivity contribution in [2.24, 2.45) is 0 Å². The van der Waals surface area contributed by atoms with E-state index in [4.69, 9.17) is 0 Å². The van der Waals surface area contributed by atoms with Gasteiger partial charge >= 0.3 is 5.69 Å². The van der Waals surface area contributed by atoms with Gasteiger partial charge in [-0.05, 0) is 25.5 Å². The number of halogens is 1. The minimum Gasteiger partial charge on any atom is -0.492 e. The average Bonchev–Trinajstić information content (AvgIpc) is 2.36. The first-order valence-electron chi connectivity index (χ1n) is 5.80. The number of H-pyrrole nitrogens is 1. The standard InChI is InChI=1S/C11H15FN2O3S/c1-18-7-4-2-3-6(5-7)14-10(16)8(12)9(15)13-11(14)17/h6-7,16H,2-5H2,1H3,(H,13,15,17). The highest BCUT2D eigenvalue weighted by Crippen LogP contribution is 2.34. The summed E-state index contributed by atoms with van der Waals surface area (Å²) in [5, 5.41) is 10.0. The van der Waals surface area contributed by atoms with E-state index in [0.29, 0.717) is 18.1 Å². The van der Waals surface area contributed by atoms with Gasteiger partial charge in [0.15, 0.2) is 0 Å². The SMILES string of the molecule is CSC1CCCC(n2c(O)c(F)c(=O)[nH]c2=O)C1. The van der Waals surface area contributed by atoms with Crippen LogP contribution >= 0.6 is 11.8 Å². The fourth-order valence-corrected chi connectivity index (χ4v) is 3.24. The highest BCUT2D eigenvalue weighted by atomic mass is 32.2. The summed E-state index contributed by atoms with van der Waals surface area (Å²) in [6.45, 7) is 0. The van der Waals surface area contributed by atoms with E-state index < -0.39 is 22.9 Å². The third kappa shape index (κ3) is 2.31. The third-order valence-electron chi connectivity index (χ3n) is 3.36. The maximum Gasteiger partial charge on any atom is 0.331 e. The number of aromatic hydroxyl groups is 1. The molecule has 1 aliphatic carbocycles. The van der Waals surface area contributed by atoms with E-state index in [9.17, 15) is 19.1 Å². The monoisotopic (exact) mass is 274 g/mol. The van der Waals surface area contributed by atoms with Gasteiger partial charge in [0.05, 0.1) is 0 Å². The molecule has 2 N–H and O–H groups in total. The summed E-state index contributed by atoms with van der Waals surface area (Å²) in [6, 6.07) is -0.255. The highest BCUT2D eigenvalue weighted by molar-refractivity contribution is 7.99. The van der Waals surface area contributed by atoms with Gasteiger partial charge in [0, 0.05) is 11.3 Å². The molecule has 7 heteroatoms. The van der Waals surface area contributed by atoms with Crippen LogP contribution in [0.15, 0.2) is 9.59 Å². The van der Waals surface area contributed by atoms with Crippen molar-refractivity contribution in [2.75, 3.05) is 6.26 Å². The van der Waals surface area contributed by atoms with E-state index in [2.05, 4.69) is 0 Å². The number of thioether (sulfide) groups is 1. The van der Waals surface area contributed by atoms with Crippen LogP contribution in [0.5, 0.6) is 5.88 Å². The second-order valence-corrected chi connectivity index (χ2v) is 5.58. The first-order valence-corrected chi connectivity index (χ1v) is 7.09. The number of aromatic nitrogens is 2. The summed E-state index contributed by atoms with van der Waals surface area (Å²) in [7, 11) is 0. The molecule has 1 fully saturated rings.